The number of pyridine rings is 1. The van der Waals surface area contributed by atoms with Crippen molar-refractivity contribution in [2.75, 3.05) is 0 Å². The first-order valence-electron chi connectivity index (χ1n) is 8.35. The average Bonchev–Trinajstić information content (AvgIpc) is 3.09. The van der Waals surface area contributed by atoms with Crippen molar-refractivity contribution in [1.29, 1.82) is 5.26 Å². The summed E-state index contributed by atoms with van der Waals surface area (Å²) in [6.07, 6.45) is 5.36. The van der Waals surface area contributed by atoms with Crippen LogP contribution in [0, 0.1) is 11.3 Å². The van der Waals surface area contributed by atoms with Gasteiger partial charge in [0.05, 0.1) is 11.2 Å². The molecule has 1 N–H and O–H groups in total. The van der Waals surface area contributed by atoms with Gasteiger partial charge in [-0.3, -0.25) is 4.79 Å². The van der Waals surface area contributed by atoms with Gasteiger partial charge in [0, 0.05) is 4.47 Å². The summed E-state index contributed by atoms with van der Waals surface area (Å²) in [4.78, 5) is 17.1. The van der Waals surface area contributed by atoms with Crippen LogP contribution >= 0.6 is 31.9 Å². The second kappa shape index (κ2) is 8.15. The van der Waals surface area contributed by atoms with Crippen LogP contribution in [0.3, 0.4) is 0 Å². The summed E-state index contributed by atoms with van der Waals surface area (Å²) in [5, 5.41) is 12.6. The van der Waals surface area contributed by atoms with Gasteiger partial charge in [-0.15, -0.1) is 0 Å². The van der Waals surface area contributed by atoms with Crippen LogP contribution < -0.4 is 5.32 Å². The van der Waals surface area contributed by atoms with Crippen LogP contribution in [0.4, 0.5) is 0 Å². The number of hydrogen-bond acceptors (Lipinski definition) is 3. The van der Waals surface area contributed by atoms with Crippen molar-refractivity contribution in [2.24, 2.45) is 0 Å². The van der Waals surface area contributed by atoms with Crippen LogP contribution in [0.15, 0.2) is 57.1 Å². The van der Waals surface area contributed by atoms with E-state index in [4.69, 9.17) is 0 Å². The van der Waals surface area contributed by atoms with E-state index in [9.17, 15) is 10.1 Å². The van der Waals surface area contributed by atoms with Crippen molar-refractivity contribution < 1.29 is 4.79 Å². The lowest BCUT2D eigenvalue weighted by molar-refractivity contribution is -0.119. The summed E-state index contributed by atoms with van der Waals surface area (Å²) in [6, 6.07) is 15.4. The molecule has 1 fully saturated rings. The molecule has 1 heterocycles. The fraction of sp³-hybridized carbons (Fsp3) is 0.250. The quantitative estimate of drug-likeness (QED) is 0.380. The Labute approximate surface area is 169 Å². The summed E-state index contributed by atoms with van der Waals surface area (Å²) in [5.74, 6) is -0.362. The minimum Gasteiger partial charge on any atom is -0.342 e. The van der Waals surface area contributed by atoms with Crippen molar-refractivity contribution in [1.82, 2.24) is 10.3 Å². The van der Waals surface area contributed by atoms with Gasteiger partial charge in [0.25, 0.3) is 5.91 Å². The minimum atomic E-state index is -0.418. The van der Waals surface area contributed by atoms with Crippen LogP contribution in [0.25, 0.3) is 6.08 Å². The van der Waals surface area contributed by atoms with Gasteiger partial charge >= 0.3 is 0 Å². The zero-order valence-electron chi connectivity index (χ0n) is 14.0. The van der Waals surface area contributed by atoms with Crippen LogP contribution in [0.2, 0.25) is 0 Å². The lowest BCUT2D eigenvalue weighted by atomic mass is 9.87. The van der Waals surface area contributed by atoms with Crippen molar-refractivity contribution in [2.45, 2.75) is 31.2 Å². The van der Waals surface area contributed by atoms with E-state index < -0.39 is 5.54 Å². The highest BCUT2D eigenvalue weighted by Crippen LogP contribution is 2.39. The van der Waals surface area contributed by atoms with Gasteiger partial charge in [0.15, 0.2) is 0 Å². The summed E-state index contributed by atoms with van der Waals surface area (Å²) in [6.45, 7) is 0. The number of carbonyl (C=O) groups excluding carboxylic acids is 1. The first-order chi connectivity index (χ1) is 12.5. The Morgan fingerprint density at radius 3 is 2.46 bits per heavy atom. The van der Waals surface area contributed by atoms with Crippen molar-refractivity contribution in [3.8, 4) is 6.07 Å². The molecule has 132 valence electrons. The Hall–Kier alpha value is -1.97. The summed E-state index contributed by atoms with van der Waals surface area (Å²) >= 11 is 6.75. The summed E-state index contributed by atoms with van der Waals surface area (Å²) in [7, 11) is 0. The van der Waals surface area contributed by atoms with Crippen LogP contribution in [-0.4, -0.2) is 10.9 Å². The van der Waals surface area contributed by atoms with Gasteiger partial charge in [-0.25, -0.2) is 4.98 Å². The number of nitriles is 1. The van der Waals surface area contributed by atoms with E-state index >= 15 is 0 Å². The Bertz CT molecular complexity index is 879. The third-order valence-electron chi connectivity index (χ3n) is 4.60. The molecule has 0 spiro atoms. The molecule has 2 aromatic rings. The highest BCUT2D eigenvalue weighted by molar-refractivity contribution is 9.10. The summed E-state index contributed by atoms with van der Waals surface area (Å²) in [5.41, 5.74) is 1.27. The molecular formula is C20H17Br2N3O. The van der Waals surface area contributed by atoms with E-state index in [2.05, 4.69) is 42.2 Å². The van der Waals surface area contributed by atoms with E-state index in [1.54, 1.807) is 12.1 Å². The number of benzene rings is 1. The molecule has 0 aliphatic heterocycles. The smallest absolute Gasteiger partial charge is 0.262 e. The number of carbonyl (C=O) groups is 1. The molecular weight excluding hydrogens is 458 g/mol. The van der Waals surface area contributed by atoms with E-state index in [1.165, 1.54) is 6.08 Å². The Balaban J connectivity index is 1.88. The molecule has 1 aliphatic rings. The zero-order chi connectivity index (χ0) is 18.6. The van der Waals surface area contributed by atoms with Gasteiger partial charge in [-0.05, 0) is 64.7 Å². The maximum absolute atomic E-state index is 12.8. The van der Waals surface area contributed by atoms with E-state index in [0.29, 0.717) is 10.3 Å². The summed E-state index contributed by atoms with van der Waals surface area (Å²) < 4.78 is 1.66. The molecule has 0 saturated heterocycles. The number of rotatable bonds is 4. The van der Waals surface area contributed by atoms with Gasteiger partial charge < -0.3 is 5.32 Å². The zero-order valence-corrected chi connectivity index (χ0v) is 17.2. The maximum Gasteiger partial charge on any atom is 0.262 e. The molecule has 1 aromatic heterocycles. The molecule has 3 rings (SSSR count). The SMILES string of the molecule is N#CC(=Cc1cccc(Br)n1)C(=O)NC1(c2ccc(Br)cc2)CCCC1. The number of aromatic nitrogens is 1. The molecule has 1 amide bonds. The van der Waals surface area contributed by atoms with Crippen LogP contribution in [0.5, 0.6) is 0 Å². The van der Waals surface area contributed by atoms with Gasteiger partial charge in [0.1, 0.15) is 16.2 Å². The molecule has 6 heteroatoms. The number of halogens is 2. The van der Waals surface area contributed by atoms with Crippen molar-refractivity contribution in [3.05, 3.63) is 68.4 Å². The topological polar surface area (TPSA) is 65.8 Å². The molecule has 0 radical (unpaired) electrons. The third kappa shape index (κ3) is 4.22. The highest BCUT2D eigenvalue weighted by atomic mass is 79.9. The normalized spacial score (nSPS) is 16.1. The molecule has 0 atom stereocenters. The number of hydrogen-bond donors (Lipinski definition) is 1. The lowest BCUT2D eigenvalue weighted by Crippen LogP contribution is -2.44. The van der Waals surface area contributed by atoms with E-state index in [0.717, 1.165) is 35.7 Å². The predicted molar refractivity (Wildman–Crippen MR) is 108 cm³/mol. The Morgan fingerprint density at radius 2 is 1.85 bits per heavy atom. The molecule has 26 heavy (non-hydrogen) atoms. The molecule has 1 saturated carbocycles. The number of nitrogens with zero attached hydrogens (tertiary/aromatic N) is 2. The fourth-order valence-electron chi connectivity index (χ4n) is 3.32. The van der Waals surface area contributed by atoms with Crippen molar-refractivity contribution >= 4 is 43.8 Å². The van der Waals surface area contributed by atoms with E-state index in [1.807, 2.05) is 36.4 Å². The van der Waals surface area contributed by atoms with Crippen LogP contribution in [0.1, 0.15) is 36.9 Å². The average molecular weight is 475 g/mol. The molecule has 0 bridgehead atoms. The largest absolute Gasteiger partial charge is 0.342 e. The maximum atomic E-state index is 12.8. The molecule has 1 aliphatic carbocycles. The van der Waals surface area contributed by atoms with Crippen molar-refractivity contribution in [3.63, 3.8) is 0 Å². The monoisotopic (exact) mass is 473 g/mol. The highest BCUT2D eigenvalue weighted by Gasteiger charge is 2.37. The number of nitrogens with one attached hydrogen (secondary N) is 1. The predicted octanol–water partition coefficient (Wildman–Crippen LogP) is 5.10. The Morgan fingerprint density at radius 1 is 1.15 bits per heavy atom. The fourth-order valence-corrected chi connectivity index (χ4v) is 3.94. The standard InChI is InChI=1S/C20H17Br2N3O/c21-16-8-6-15(7-9-16)20(10-1-2-11-20)25-19(26)14(13-23)12-17-4-3-5-18(22)24-17/h3-9,12H,1-2,10-11H2,(H,25,26). The third-order valence-corrected chi connectivity index (χ3v) is 5.57. The lowest BCUT2D eigenvalue weighted by Gasteiger charge is -2.31. The second-order valence-electron chi connectivity index (χ2n) is 6.31. The first kappa shape index (κ1) is 18.8. The van der Waals surface area contributed by atoms with Crippen LogP contribution in [-0.2, 0) is 10.3 Å². The Kier molecular flexibility index (Phi) is 5.90. The first-order valence-corrected chi connectivity index (χ1v) is 9.94. The van der Waals surface area contributed by atoms with E-state index in [-0.39, 0.29) is 11.5 Å². The molecule has 4 nitrogen and oxygen atoms in total. The minimum absolute atomic E-state index is 0.0546. The van der Waals surface area contributed by atoms with Gasteiger partial charge in [-0.2, -0.15) is 5.26 Å². The van der Waals surface area contributed by atoms with Gasteiger partial charge in [0.2, 0.25) is 0 Å². The second-order valence-corrected chi connectivity index (χ2v) is 8.03. The molecule has 0 unspecified atom stereocenters. The van der Waals surface area contributed by atoms with Gasteiger partial charge in [-0.1, -0.05) is 47.0 Å². The number of amides is 1. The molecule has 1 aromatic carbocycles.